The zero-order valence-corrected chi connectivity index (χ0v) is 15.8. The van der Waals surface area contributed by atoms with Crippen LogP contribution in [0.1, 0.15) is 21.9 Å². The van der Waals surface area contributed by atoms with Crippen LogP contribution >= 0.6 is 0 Å². The Kier molecular flexibility index (Phi) is 6.11. The first-order chi connectivity index (χ1) is 13.5. The van der Waals surface area contributed by atoms with Gasteiger partial charge in [0.1, 0.15) is 18.1 Å². The fourth-order valence-electron chi connectivity index (χ4n) is 2.55. The van der Waals surface area contributed by atoms with Crippen molar-refractivity contribution < 1.29 is 18.7 Å². The van der Waals surface area contributed by atoms with Gasteiger partial charge in [0, 0.05) is 12.7 Å². The summed E-state index contributed by atoms with van der Waals surface area (Å²) >= 11 is 0. The Labute approximate surface area is 163 Å². The highest BCUT2D eigenvalue weighted by molar-refractivity contribution is 5.97. The molecule has 6 nitrogen and oxygen atoms in total. The van der Waals surface area contributed by atoms with E-state index in [2.05, 4.69) is 5.32 Å². The molecule has 0 spiro atoms. The topological polar surface area (TPSA) is 71.8 Å². The zero-order chi connectivity index (χ0) is 19.9. The van der Waals surface area contributed by atoms with E-state index >= 15 is 0 Å². The normalized spacial score (nSPS) is 10.4. The number of carbonyl (C=O) groups is 2. The Hall–Kier alpha value is -3.54. The minimum absolute atomic E-state index is 0.0801. The van der Waals surface area contributed by atoms with E-state index in [0.717, 1.165) is 11.3 Å². The molecular weight excluding hydrogens is 356 g/mol. The fourth-order valence-corrected chi connectivity index (χ4v) is 2.55. The molecule has 0 aliphatic heterocycles. The molecule has 0 unspecified atom stereocenters. The minimum atomic E-state index is -0.370. The summed E-state index contributed by atoms with van der Waals surface area (Å²) in [5, 5.41) is 2.77. The number of nitrogens with one attached hydrogen (secondary N) is 1. The van der Waals surface area contributed by atoms with Crippen molar-refractivity contribution in [2.45, 2.75) is 13.5 Å². The van der Waals surface area contributed by atoms with Gasteiger partial charge < -0.3 is 19.4 Å². The molecule has 0 aliphatic carbocycles. The number of likely N-dealkylation sites (N-methyl/N-ethyl adjacent to an activating group) is 1. The summed E-state index contributed by atoms with van der Waals surface area (Å²) in [6, 6.07) is 20.1. The van der Waals surface area contributed by atoms with E-state index in [1.165, 1.54) is 4.90 Å². The number of hydrogen-bond donors (Lipinski definition) is 1. The quantitative estimate of drug-likeness (QED) is 0.677. The lowest BCUT2D eigenvalue weighted by Crippen LogP contribution is -2.34. The van der Waals surface area contributed by atoms with Crippen molar-refractivity contribution in [1.29, 1.82) is 0 Å². The van der Waals surface area contributed by atoms with Gasteiger partial charge in [0.05, 0.1) is 6.54 Å². The van der Waals surface area contributed by atoms with Crippen LogP contribution in [0.4, 0.5) is 5.69 Å². The first kappa shape index (κ1) is 19.2. The SMILES string of the molecule is Cc1ccc(NC(=O)CN(C)C(=O)c2ccc(COc3ccccc3)o2)cc1. The zero-order valence-electron chi connectivity index (χ0n) is 15.8. The number of hydrogen-bond acceptors (Lipinski definition) is 4. The van der Waals surface area contributed by atoms with Crippen LogP contribution < -0.4 is 10.1 Å². The Balaban J connectivity index is 1.52. The summed E-state index contributed by atoms with van der Waals surface area (Å²) in [5.41, 5.74) is 1.80. The van der Waals surface area contributed by atoms with Crippen molar-refractivity contribution in [3.8, 4) is 5.75 Å². The van der Waals surface area contributed by atoms with E-state index in [1.807, 2.05) is 61.5 Å². The predicted molar refractivity (Wildman–Crippen MR) is 106 cm³/mol. The Morgan fingerprint density at radius 2 is 1.71 bits per heavy atom. The predicted octanol–water partition coefficient (Wildman–Crippen LogP) is 3.88. The highest BCUT2D eigenvalue weighted by Crippen LogP contribution is 2.15. The highest BCUT2D eigenvalue weighted by Gasteiger charge is 2.18. The number of carbonyl (C=O) groups excluding carboxylic acids is 2. The van der Waals surface area contributed by atoms with E-state index in [4.69, 9.17) is 9.15 Å². The number of ether oxygens (including phenoxy) is 1. The third kappa shape index (κ3) is 5.23. The van der Waals surface area contributed by atoms with Crippen molar-refractivity contribution in [1.82, 2.24) is 4.90 Å². The van der Waals surface area contributed by atoms with E-state index < -0.39 is 0 Å². The molecule has 2 amide bonds. The number of furan rings is 1. The number of anilines is 1. The van der Waals surface area contributed by atoms with Crippen molar-refractivity contribution in [2.75, 3.05) is 18.9 Å². The van der Waals surface area contributed by atoms with Gasteiger partial charge in [-0.3, -0.25) is 9.59 Å². The van der Waals surface area contributed by atoms with Gasteiger partial charge in [-0.1, -0.05) is 35.9 Å². The number of nitrogens with zero attached hydrogens (tertiary/aromatic N) is 1. The molecule has 0 bridgehead atoms. The molecule has 0 saturated carbocycles. The lowest BCUT2D eigenvalue weighted by atomic mass is 10.2. The van der Waals surface area contributed by atoms with Crippen molar-refractivity contribution >= 4 is 17.5 Å². The molecule has 1 aromatic heterocycles. The molecule has 28 heavy (non-hydrogen) atoms. The van der Waals surface area contributed by atoms with Crippen LogP contribution in [0.15, 0.2) is 71.1 Å². The molecule has 1 N–H and O–H groups in total. The number of aryl methyl sites for hydroxylation is 1. The standard InChI is InChI=1S/C22H22N2O4/c1-16-8-10-17(11-9-16)23-21(25)14-24(2)22(26)20-13-12-19(28-20)15-27-18-6-4-3-5-7-18/h3-13H,14-15H2,1-2H3,(H,23,25). The maximum atomic E-state index is 12.5. The summed E-state index contributed by atoms with van der Waals surface area (Å²) in [5.74, 6) is 0.766. The van der Waals surface area contributed by atoms with Gasteiger partial charge in [0.25, 0.3) is 5.91 Å². The summed E-state index contributed by atoms with van der Waals surface area (Å²) in [4.78, 5) is 25.9. The number of benzene rings is 2. The van der Waals surface area contributed by atoms with Crippen LogP contribution in [0.5, 0.6) is 5.75 Å². The van der Waals surface area contributed by atoms with E-state index in [9.17, 15) is 9.59 Å². The van der Waals surface area contributed by atoms with Gasteiger partial charge in [-0.25, -0.2) is 0 Å². The van der Waals surface area contributed by atoms with Crippen LogP contribution in [0, 0.1) is 6.92 Å². The van der Waals surface area contributed by atoms with Gasteiger partial charge in [-0.2, -0.15) is 0 Å². The second-order valence-electron chi connectivity index (χ2n) is 6.44. The van der Waals surface area contributed by atoms with E-state index in [0.29, 0.717) is 11.4 Å². The van der Waals surface area contributed by atoms with Crippen molar-refractivity contribution in [3.05, 3.63) is 83.8 Å². The minimum Gasteiger partial charge on any atom is -0.486 e. The number of rotatable bonds is 7. The summed E-state index contributed by atoms with van der Waals surface area (Å²) < 4.78 is 11.2. The molecule has 0 fully saturated rings. The van der Waals surface area contributed by atoms with Gasteiger partial charge in [-0.05, 0) is 43.3 Å². The molecule has 3 rings (SSSR count). The molecule has 2 aromatic carbocycles. The Morgan fingerprint density at radius 3 is 2.43 bits per heavy atom. The molecule has 0 saturated heterocycles. The first-order valence-corrected chi connectivity index (χ1v) is 8.90. The third-order valence-corrected chi connectivity index (χ3v) is 4.06. The fraction of sp³-hybridized carbons (Fsp3) is 0.182. The molecule has 144 valence electrons. The Morgan fingerprint density at radius 1 is 1.00 bits per heavy atom. The number of amides is 2. The van der Waals surface area contributed by atoms with Crippen molar-refractivity contribution in [2.24, 2.45) is 0 Å². The molecular formula is C22H22N2O4. The van der Waals surface area contributed by atoms with E-state index in [-0.39, 0.29) is 30.7 Å². The maximum absolute atomic E-state index is 12.5. The lowest BCUT2D eigenvalue weighted by Gasteiger charge is -2.15. The van der Waals surface area contributed by atoms with Gasteiger partial charge in [-0.15, -0.1) is 0 Å². The van der Waals surface area contributed by atoms with Crippen LogP contribution in [-0.4, -0.2) is 30.3 Å². The van der Waals surface area contributed by atoms with Gasteiger partial charge >= 0.3 is 0 Å². The molecule has 0 aliphatic rings. The van der Waals surface area contributed by atoms with Crippen LogP contribution in [0.3, 0.4) is 0 Å². The third-order valence-electron chi connectivity index (χ3n) is 4.06. The lowest BCUT2D eigenvalue weighted by molar-refractivity contribution is -0.116. The second-order valence-corrected chi connectivity index (χ2v) is 6.44. The van der Waals surface area contributed by atoms with Crippen LogP contribution in [-0.2, 0) is 11.4 Å². The molecule has 1 heterocycles. The average Bonchev–Trinajstić information content (AvgIpc) is 3.17. The average molecular weight is 378 g/mol. The first-order valence-electron chi connectivity index (χ1n) is 8.90. The number of para-hydroxylation sites is 1. The van der Waals surface area contributed by atoms with Crippen LogP contribution in [0.2, 0.25) is 0 Å². The summed E-state index contributed by atoms with van der Waals surface area (Å²) in [6.07, 6.45) is 0. The highest BCUT2D eigenvalue weighted by atomic mass is 16.5. The summed E-state index contributed by atoms with van der Waals surface area (Å²) in [7, 11) is 1.56. The van der Waals surface area contributed by atoms with Crippen molar-refractivity contribution in [3.63, 3.8) is 0 Å². The molecule has 0 radical (unpaired) electrons. The molecule has 3 aromatic rings. The monoisotopic (exact) mass is 378 g/mol. The summed E-state index contributed by atoms with van der Waals surface area (Å²) in [6.45, 7) is 2.11. The van der Waals surface area contributed by atoms with Gasteiger partial charge in [0.2, 0.25) is 5.91 Å². The van der Waals surface area contributed by atoms with E-state index in [1.54, 1.807) is 19.2 Å². The smallest absolute Gasteiger partial charge is 0.289 e. The largest absolute Gasteiger partial charge is 0.486 e. The Bertz CT molecular complexity index is 933. The molecule has 6 heteroatoms. The van der Waals surface area contributed by atoms with Crippen LogP contribution in [0.25, 0.3) is 0 Å². The molecule has 0 atom stereocenters. The maximum Gasteiger partial charge on any atom is 0.289 e. The second kappa shape index (κ2) is 8.90. The van der Waals surface area contributed by atoms with Gasteiger partial charge in [0.15, 0.2) is 5.76 Å².